The van der Waals surface area contributed by atoms with E-state index in [1.54, 1.807) is 42.5 Å². The van der Waals surface area contributed by atoms with Crippen LogP contribution in [0, 0.1) is 12.8 Å². The Labute approximate surface area is 154 Å². The Hall–Kier alpha value is -2.25. The van der Waals surface area contributed by atoms with Crippen LogP contribution in [0.15, 0.2) is 47.4 Å². The number of anilines is 1. The van der Waals surface area contributed by atoms with Crippen LogP contribution in [-0.2, 0) is 10.0 Å². The highest BCUT2D eigenvalue weighted by molar-refractivity contribution is 7.92. The summed E-state index contributed by atoms with van der Waals surface area (Å²) in [5.41, 5.74) is 1.29. The van der Waals surface area contributed by atoms with Gasteiger partial charge in [0.05, 0.1) is 4.90 Å². The van der Waals surface area contributed by atoms with E-state index in [1.807, 2.05) is 14.0 Å². The molecule has 0 radical (unpaired) electrons. The zero-order valence-electron chi connectivity index (χ0n) is 15.0. The molecule has 138 valence electrons. The average molecular weight is 373 g/mol. The van der Waals surface area contributed by atoms with Crippen molar-refractivity contribution in [2.24, 2.45) is 5.92 Å². The van der Waals surface area contributed by atoms with Crippen molar-refractivity contribution in [1.29, 1.82) is 0 Å². The lowest BCUT2D eigenvalue weighted by Crippen LogP contribution is -2.33. The van der Waals surface area contributed by atoms with Gasteiger partial charge in [-0.2, -0.15) is 0 Å². The first-order valence-corrected chi connectivity index (χ1v) is 10.1. The first-order chi connectivity index (χ1) is 12.3. The fraction of sp³-hybridized carbons (Fsp3) is 0.368. The summed E-state index contributed by atoms with van der Waals surface area (Å²) in [4.78, 5) is 19.3. The highest BCUT2D eigenvalue weighted by atomic mass is 32.2. The monoisotopic (exact) mass is 373 g/mol. The van der Waals surface area contributed by atoms with Crippen LogP contribution in [0.5, 0.6) is 0 Å². The summed E-state index contributed by atoms with van der Waals surface area (Å²) in [5.74, 6) is 0.0847. The van der Waals surface area contributed by atoms with Crippen molar-refractivity contribution >= 4 is 21.6 Å². The summed E-state index contributed by atoms with van der Waals surface area (Å²) in [6, 6.07) is 11.4. The van der Waals surface area contributed by atoms with Crippen molar-refractivity contribution in [2.45, 2.75) is 24.7 Å². The molecule has 6 nitrogen and oxygen atoms in total. The number of piperidine rings is 1. The number of Topliss-reactive ketones (excluding diaryl/α,β-unsaturated/α-hetero) is 1. The SMILES string of the molecule is Cc1ccc(S(=O)(=O)Nc2cccc(C(=O)C3CCN(C)CC3)n2)cc1. The second kappa shape index (κ2) is 7.55. The van der Waals surface area contributed by atoms with Gasteiger partial charge < -0.3 is 4.90 Å². The summed E-state index contributed by atoms with van der Waals surface area (Å²) < 4.78 is 27.4. The molecule has 1 N–H and O–H groups in total. The summed E-state index contributed by atoms with van der Waals surface area (Å²) in [6.45, 7) is 3.66. The molecule has 0 bridgehead atoms. The third-order valence-corrected chi connectivity index (χ3v) is 6.03. The van der Waals surface area contributed by atoms with Gasteiger partial charge in [0, 0.05) is 5.92 Å². The summed E-state index contributed by atoms with van der Waals surface area (Å²) in [5, 5.41) is 0. The maximum Gasteiger partial charge on any atom is 0.263 e. The van der Waals surface area contributed by atoms with Crippen molar-refractivity contribution in [2.75, 3.05) is 24.9 Å². The Bertz CT molecular complexity index is 887. The van der Waals surface area contributed by atoms with Crippen LogP contribution in [-0.4, -0.2) is 44.2 Å². The zero-order valence-corrected chi connectivity index (χ0v) is 15.8. The number of aryl methyl sites for hydroxylation is 1. The molecule has 1 aliphatic rings. The number of likely N-dealkylation sites (tertiary alicyclic amines) is 1. The number of pyridine rings is 1. The van der Waals surface area contributed by atoms with Crippen LogP contribution in [0.4, 0.5) is 5.82 Å². The van der Waals surface area contributed by atoms with E-state index in [0.29, 0.717) is 5.69 Å². The first kappa shape index (κ1) is 18.5. The minimum atomic E-state index is -3.74. The van der Waals surface area contributed by atoms with Crippen LogP contribution >= 0.6 is 0 Å². The van der Waals surface area contributed by atoms with Gasteiger partial charge in [-0.1, -0.05) is 23.8 Å². The number of sulfonamides is 1. The predicted octanol–water partition coefficient (Wildman–Crippen LogP) is 2.72. The normalized spacial score (nSPS) is 16.4. The van der Waals surface area contributed by atoms with Crippen LogP contribution in [0.2, 0.25) is 0 Å². The molecule has 0 saturated carbocycles. The topological polar surface area (TPSA) is 79.4 Å². The van der Waals surface area contributed by atoms with E-state index in [9.17, 15) is 13.2 Å². The molecule has 2 heterocycles. The molecular formula is C19H23N3O3S. The van der Waals surface area contributed by atoms with Crippen molar-refractivity contribution in [1.82, 2.24) is 9.88 Å². The Morgan fingerprint density at radius 1 is 1.12 bits per heavy atom. The standard InChI is InChI=1S/C19H23N3O3S/c1-14-6-8-16(9-7-14)26(24,25)21-18-5-3-4-17(20-18)19(23)15-10-12-22(2)13-11-15/h3-9,15H,10-13H2,1-2H3,(H,20,21). The summed E-state index contributed by atoms with van der Waals surface area (Å²) in [7, 11) is -1.69. The maximum absolute atomic E-state index is 12.7. The number of hydrogen-bond acceptors (Lipinski definition) is 5. The smallest absolute Gasteiger partial charge is 0.263 e. The van der Waals surface area contributed by atoms with Crippen LogP contribution in [0.25, 0.3) is 0 Å². The van der Waals surface area contributed by atoms with Crippen LogP contribution < -0.4 is 4.72 Å². The van der Waals surface area contributed by atoms with Gasteiger partial charge in [-0.3, -0.25) is 9.52 Å². The molecule has 1 fully saturated rings. The number of hydrogen-bond donors (Lipinski definition) is 1. The lowest BCUT2D eigenvalue weighted by molar-refractivity contribution is 0.0851. The Morgan fingerprint density at radius 3 is 2.42 bits per heavy atom. The third kappa shape index (κ3) is 4.28. The first-order valence-electron chi connectivity index (χ1n) is 8.64. The van der Waals surface area contributed by atoms with Crippen molar-refractivity contribution in [3.63, 3.8) is 0 Å². The Morgan fingerprint density at radius 2 is 1.77 bits per heavy atom. The number of rotatable bonds is 5. The lowest BCUT2D eigenvalue weighted by atomic mass is 9.91. The van der Waals surface area contributed by atoms with E-state index >= 15 is 0 Å². The number of ketones is 1. The summed E-state index contributed by atoms with van der Waals surface area (Å²) in [6.07, 6.45) is 1.60. The fourth-order valence-corrected chi connectivity index (χ4v) is 4.02. The van der Waals surface area contributed by atoms with E-state index in [2.05, 4.69) is 14.6 Å². The lowest BCUT2D eigenvalue weighted by Gasteiger charge is -2.27. The molecule has 0 aliphatic carbocycles. The number of nitrogens with one attached hydrogen (secondary N) is 1. The van der Waals surface area contributed by atoms with E-state index in [1.165, 1.54) is 0 Å². The summed E-state index contributed by atoms with van der Waals surface area (Å²) >= 11 is 0. The predicted molar refractivity (Wildman–Crippen MR) is 101 cm³/mol. The largest absolute Gasteiger partial charge is 0.306 e. The van der Waals surface area contributed by atoms with Gasteiger partial charge in [-0.15, -0.1) is 0 Å². The quantitative estimate of drug-likeness (QED) is 0.815. The molecular weight excluding hydrogens is 350 g/mol. The van der Waals surface area contributed by atoms with Gasteiger partial charge in [-0.05, 0) is 64.2 Å². The minimum Gasteiger partial charge on any atom is -0.306 e. The number of aromatic nitrogens is 1. The molecule has 1 saturated heterocycles. The van der Waals surface area contributed by atoms with E-state index < -0.39 is 10.0 Å². The van der Waals surface area contributed by atoms with E-state index in [4.69, 9.17) is 0 Å². The van der Waals surface area contributed by atoms with Gasteiger partial charge >= 0.3 is 0 Å². The molecule has 2 aromatic rings. The van der Waals surface area contributed by atoms with Crippen LogP contribution in [0.1, 0.15) is 28.9 Å². The number of nitrogens with zero attached hydrogens (tertiary/aromatic N) is 2. The average Bonchev–Trinajstić information content (AvgIpc) is 2.62. The second-order valence-electron chi connectivity index (χ2n) is 6.77. The highest BCUT2D eigenvalue weighted by Gasteiger charge is 2.25. The molecule has 1 aromatic heterocycles. The van der Waals surface area contributed by atoms with Gasteiger partial charge in [-0.25, -0.2) is 13.4 Å². The van der Waals surface area contributed by atoms with Crippen molar-refractivity contribution in [3.05, 3.63) is 53.7 Å². The van der Waals surface area contributed by atoms with Gasteiger partial charge in [0.15, 0.2) is 5.78 Å². The second-order valence-corrected chi connectivity index (χ2v) is 8.45. The maximum atomic E-state index is 12.7. The number of benzene rings is 1. The molecule has 0 atom stereocenters. The molecule has 0 unspecified atom stereocenters. The number of carbonyl (C=O) groups is 1. The molecule has 0 amide bonds. The van der Waals surface area contributed by atoms with Crippen molar-refractivity contribution < 1.29 is 13.2 Å². The molecule has 7 heteroatoms. The molecule has 0 spiro atoms. The van der Waals surface area contributed by atoms with Gasteiger partial charge in [0.1, 0.15) is 11.5 Å². The number of carbonyl (C=O) groups excluding carboxylic acids is 1. The molecule has 26 heavy (non-hydrogen) atoms. The molecule has 3 rings (SSSR count). The van der Waals surface area contributed by atoms with Crippen molar-refractivity contribution in [3.8, 4) is 0 Å². The van der Waals surface area contributed by atoms with Gasteiger partial charge in [0.25, 0.3) is 10.0 Å². The zero-order chi connectivity index (χ0) is 18.7. The van der Waals surface area contributed by atoms with E-state index in [0.717, 1.165) is 31.5 Å². The highest BCUT2D eigenvalue weighted by Crippen LogP contribution is 2.21. The third-order valence-electron chi connectivity index (χ3n) is 4.66. The fourth-order valence-electron chi connectivity index (χ4n) is 3.02. The molecule has 1 aliphatic heterocycles. The van der Waals surface area contributed by atoms with Crippen LogP contribution in [0.3, 0.4) is 0 Å². The Kier molecular flexibility index (Phi) is 5.38. The molecule has 1 aromatic carbocycles. The van der Waals surface area contributed by atoms with Gasteiger partial charge in [0.2, 0.25) is 0 Å². The minimum absolute atomic E-state index is 0.0190. The van der Waals surface area contributed by atoms with E-state index in [-0.39, 0.29) is 22.4 Å². The Balaban J connectivity index is 1.77.